The van der Waals surface area contributed by atoms with Crippen LogP contribution in [0.15, 0.2) is 36.4 Å². The van der Waals surface area contributed by atoms with Gasteiger partial charge in [-0.1, -0.05) is 18.2 Å². The smallest absolute Gasteiger partial charge is 0.275 e. The number of hydrogen-bond acceptors (Lipinski definition) is 5. The number of hydrogen-bond donors (Lipinski definition) is 2. The third kappa shape index (κ3) is 3.68. The van der Waals surface area contributed by atoms with E-state index in [2.05, 4.69) is 15.5 Å². The molecule has 3 rings (SSSR count). The Morgan fingerprint density at radius 2 is 1.89 bits per heavy atom. The number of benzene rings is 2. The molecule has 28 heavy (non-hydrogen) atoms. The molecule has 0 aliphatic carbocycles. The Bertz CT molecular complexity index is 1070. The van der Waals surface area contributed by atoms with Crippen LogP contribution >= 0.6 is 0 Å². The van der Waals surface area contributed by atoms with Crippen molar-refractivity contribution in [2.75, 3.05) is 18.9 Å². The van der Waals surface area contributed by atoms with Gasteiger partial charge < -0.3 is 10.2 Å². The van der Waals surface area contributed by atoms with Crippen molar-refractivity contribution in [3.05, 3.63) is 63.3 Å². The maximum atomic E-state index is 12.7. The van der Waals surface area contributed by atoms with Gasteiger partial charge in [0, 0.05) is 30.3 Å². The molecule has 0 atom stereocenters. The SMILES string of the molecule is Cc1cccc(C)c1NC(=O)CN(C)C(=O)c1n[nH]c2ccc([N+](=O)[O-])cc12. The summed E-state index contributed by atoms with van der Waals surface area (Å²) in [5.74, 6) is -0.859. The molecule has 0 unspecified atom stereocenters. The number of aromatic amines is 1. The summed E-state index contributed by atoms with van der Waals surface area (Å²) in [6.07, 6.45) is 0. The molecule has 2 amide bonds. The second kappa shape index (κ2) is 7.47. The topological polar surface area (TPSA) is 121 Å². The maximum Gasteiger partial charge on any atom is 0.275 e. The Kier molecular flexibility index (Phi) is 5.08. The molecular weight excluding hydrogens is 362 g/mol. The number of amides is 2. The van der Waals surface area contributed by atoms with Crippen molar-refractivity contribution in [3.63, 3.8) is 0 Å². The van der Waals surface area contributed by atoms with Gasteiger partial charge in [0.1, 0.15) is 0 Å². The average Bonchev–Trinajstić information content (AvgIpc) is 3.07. The molecule has 0 bridgehead atoms. The van der Waals surface area contributed by atoms with Gasteiger partial charge in [-0.3, -0.25) is 24.8 Å². The lowest BCUT2D eigenvalue weighted by atomic mass is 10.1. The number of rotatable bonds is 5. The number of fused-ring (bicyclic) bond motifs is 1. The molecule has 0 radical (unpaired) electrons. The highest BCUT2D eigenvalue weighted by atomic mass is 16.6. The number of aryl methyl sites for hydroxylation is 2. The van der Waals surface area contributed by atoms with Crippen molar-refractivity contribution < 1.29 is 14.5 Å². The second-order valence-electron chi connectivity index (χ2n) is 6.54. The van der Waals surface area contributed by atoms with E-state index in [4.69, 9.17) is 0 Å². The van der Waals surface area contributed by atoms with E-state index >= 15 is 0 Å². The lowest BCUT2D eigenvalue weighted by molar-refractivity contribution is -0.384. The first-order valence-corrected chi connectivity index (χ1v) is 8.52. The number of para-hydroxylation sites is 1. The number of nitro benzene ring substituents is 1. The molecular formula is C19H19N5O4. The molecule has 0 saturated carbocycles. The van der Waals surface area contributed by atoms with Gasteiger partial charge in [-0.15, -0.1) is 0 Å². The summed E-state index contributed by atoms with van der Waals surface area (Å²) in [6, 6.07) is 9.79. The number of nitro groups is 1. The fourth-order valence-corrected chi connectivity index (χ4v) is 2.94. The predicted molar refractivity (Wildman–Crippen MR) is 104 cm³/mol. The van der Waals surface area contributed by atoms with Gasteiger partial charge >= 0.3 is 0 Å². The van der Waals surface area contributed by atoms with Crippen molar-refractivity contribution in [2.45, 2.75) is 13.8 Å². The minimum atomic E-state index is -0.539. The number of carbonyl (C=O) groups is 2. The Hall–Kier alpha value is -3.75. The fraction of sp³-hybridized carbons (Fsp3) is 0.211. The number of aromatic nitrogens is 2. The Morgan fingerprint density at radius 1 is 1.21 bits per heavy atom. The molecule has 0 fully saturated rings. The van der Waals surface area contributed by atoms with Gasteiger partial charge in [-0.05, 0) is 31.0 Å². The Morgan fingerprint density at radius 3 is 2.54 bits per heavy atom. The van der Waals surface area contributed by atoms with Crippen molar-refractivity contribution in [1.82, 2.24) is 15.1 Å². The first kappa shape index (κ1) is 19.0. The zero-order chi connectivity index (χ0) is 20.4. The zero-order valence-electron chi connectivity index (χ0n) is 15.6. The van der Waals surface area contributed by atoms with Crippen molar-refractivity contribution in [3.8, 4) is 0 Å². The van der Waals surface area contributed by atoms with Crippen LogP contribution < -0.4 is 5.32 Å². The van der Waals surface area contributed by atoms with Crippen LogP contribution in [0.5, 0.6) is 0 Å². The predicted octanol–water partition coefficient (Wildman–Crippen LogP) is 2.80. The molecule has 3 aromatic rings. The zero-order valence-corrected chi connectivity index (χ0v) is 15.6. The first-order valence-electron chi connectivity index (χ1n) is 8.52. The molecule has 2 aromatic carbocycles. The molecule has 0 aliphatic heterocycles. The standard InChI is InChI=1S/C19H19N5O4/c1-11-5-4-6-12(2)17(11)20-16(25)10-23(3)19(26)18-14-9-13(24(27)28)7-8-15(14)21-22-18/h4-9H,10H2,1-3H3,(H,20,25)(H,21,22). The highest BCUT2D eigenvalue weighted by Gasteiger charge is 2.22. The highest BCUT2D eigenvalue weighted by Crippen LogP contribution is 2.23. The van der Waals surface area contributed by atoms with E-state index in [9.17, 15) is 19.7 Å². The average molecular weight is 381 g/mol. The number of non-ortho nitro benzene ring substituents is 1. The summed E-state index contributed by atoms with van der Waals surface area (Å²) in [4.78, 5) is 36.8. The lowest BCUT2D eigenvalue weighted by Crippen LogP contribution is -2.35. The lowest BCUT2D eigenvalue weighted by Gasteiger charge is -2.17. The van der Waals surface area contributed by atoms with Crippen LogP contribution in [0.25, 0.3) is 10.9 Å². The minimum Gasteiger partial charge on any atom is -0.331 e. The number of likely N-dealkylation sites (N-methyl/N-ethyl adjacent to an activating group) is 1. The monoisotopic (exact) mass is 381 g/mol. The van der Waals surface area contributed by atoms with Crippen LogP contribution in [0.1, 0.15) is 21.6 Å². The molecule has 144 valence electrons. The number of carbonyl (C=O) groups excluding carboxylic acids is 2. The molecule has 0 spiro atoms. The van der Waals surface area contributed by atoms with Crippen LogP contribution in [0, 0.1) is 24.0 Å². The van der Waals surface area contributed by atoms with Crippen LogP contribution in [0.2, 0.25) is 0 Å². The molecule has 9 nitrogen and oxygen atoms in total. The summed E-state index contributed by atoms with van der Waals surface area (Å²) in [5, 5.41) is 20.8. The number of anilines is 1. The fourth-order valence-electron chi connectivity index (χ4n) is 2.94. The Balaban J connectivity index is 1.77. The molecule has 9 heteroatoms. The normalized spacial score (nSPS) is 10.7. The number of H-pyrrole nitrogens is 1. The molecule has 1 aromatic heterocycles. The first-order chi connectivity index (χ1) is 13.3. The third-order valence-electron chi connectivity index (χ3n) is 4.43. The quantitative estimate of drug-likeness (QED) is 0.520. The summed E-state index contributed by atoms with van der Waals surface area (Å²) in [6.45, 7) is 3.59. The van der Waals surface area contributed by atoms with E-state index in [1.165, 1.54) is 30.1 Å². The van der Waals surface area contributed by atoms with Crippen LogP contribution in [0.3, 0.4) is 0 Å². The van der Waals surface area contributed by atoms with E-state index in [0.717, 1.165) is 11.1 Å². The molecule has 0 aliphatic rings. The van der Waals surface area contributed by atoms with E-state index in [1.807, 2.05) is 32.0 Å². The van der Waals surface area contributed by atoms with Gasteiger partial charge in [0.15, 0.2) is 5.69 Å². The minimum absolute atomic E-state index is 0.0288. The van der Waals surface area contributed by atoms with Gasteiger partial charge in [-0.25, -0.2) is 0 Å². The van der Waals surface area contributed by atoms with Gasteiger partial charge in [0.25, 0.3) is 11.6 Å². The summed E-state index contributed by atoms with van der Waals surface area (Å²) in [5.41, 5.74) is 2.96. The second-order valence-corrected chi connectivity index (χ2v) is 6.54. The van der Waals surface area contributed by atoms with E-state index in [1.54, 1.807) is 0 Å². The number of nitrogens with one attached hydrogen (secondary N) is 2. The molecule has 1 heterocycles. The van der Waals surface area contributed by atoms with E-state index < -0.39 is 10.8 Å². The molecule has 2 N–H and O–H groups in total. The van der Waals surface area contributed by atoms with Crippen LogP contribution in [-0.2, 0) is 4.79 Å². The van der Waals surface area contributed by atoms with Gasteiger partial charge in [0.05, 0.1) is 17.0 Å². The van der Waals surface area contributed by atoms with Crippen molar-refractivity contribution in [1.29, 1.82) is 0 Å². The van der Waals surface area contributed by atoms with Crippen molar-refractivity contribution >= 4 is 34.1 Å². The van der Waals surface area contributed by atoms with Crippen LogP contribution in [0.4, 0.5) is 11.4 Å². The summed E-state index contributed by atoms with van der Waals surface area (Å²) in [7, 11) is 1.48. The number of nitrogens with zero attached hydrogens (tertiary/aromatic N) is 3. The van der Waals surface area contributed by atoms with Crippen molar-refractivity contribution in [2.24, 2.45) is 0 Å². The molecule has 0 saturated heterocycles. The highest BCUT2D eigenvalue weighted by molar-refractivity contribution is 6.06. The van der Waals surface area contributed by atoms with Gasteiger partial charge in [0.2, 0.25) is 5.91 Å². The summed E-state index contributed by atoms with van der Waals surface area (Å²) >= 11 is 0. The third-order valence-corrected chi connectivity index (χ3v) is 4.43. The van der Waals surface area contributed by atoms with Crippen LogP contribution in [-0.4, -0.2) is 45.4 Å². The summed E-state index contributed by atoms with van der Waals surface area (Å²) < 4.78 is 0. The largest absolute Gasteiger partial charge is 0.331 e. The van der Waals surface area contributed by atoms with Gasteiger partial charge in [-0.2, -0.15) is 5.10 Å². The Labute approximate surface area is 160 Å². The van der Waals surface area contributed by atoms with E-state index in [-0.39, 0.29) is 23.8 Å². The van der Waals surface area contributed by atoms with E-state index in [0.29, 0.717) is 16.6 Å². The maximum absolute atomic E-state index is 12.7.